The number of nitrogens with one attached hydrogen (secondary N) is 1. The smallest absolute Gasteiger partial charge is 0.0809 e. The van der Waals surface area contributed by atoms with E-state index in [-0.39, 0.29) is 0 Å². The van der Waals surface area contributed by atoms with Gasteiger partial charge in [0.1, 0.15) is 0 Å². The lowest BCUT2D eigenvalue weighted by atomic mass is 9.70. The first kappa shape index (κ1) is 12.1. The molecule has 2 aromatic rings. The van der Waals surface area contributed by atoms with Crippen LogP contribution in [0.15, 0.2) is 23.7 Å². The van der Waals surface area contributed by atoms with Crippen LogP contribution in [0.1, 0.15) is 44.7 Å². The molecule has 1 unspecified atom stereocenters. The minimum atomic E-state index is 0.390. The maximum Gasteiger partial charge on any atom is 0.0809 e. The Hall–Kier alpha value is -0.930. The second-order valence-electron chi connectivity index (χ2n) is 5.84. The van der Waals surface area contributed by atoms with E-state index >= 15 is 0 Å². The van der Waals surface area contributed by atoms with Crippen LogP contribution in [0.25, 0.3) is 10.2 Å². The summed E-state index contributed by atoms with van der Waals surface area (Å²) >= 11 is 1.77. The first-order chi connectivity index (χ1) is 8.66. The summed E-state index contributed by atoms with van der Waals surface area (Å²) in [4.78, 5) is 4.51. The highest BCUT2D eigenvalue weighted by molar-refractivity contribution is 7.17. The van der Waals surface area contributed by atoms with Crippen molar-refractivity contribution in [2.75, 3.05) is 6.54 Å². The van der Waals surface area contributed by atoms with E-state index in [1.807, 2.05) is 6.20 Å². The average molecular weight is 260 g/mol. The summed E-state index contributed by atoms with van der Waals surface area (Å²) in [6.45, 7) is 5.74. The molecule has 1 atom stereocenters. The summed E-state index contributed by atoms with van der Waals surface area (Å²) < 4.78 is 1.29. The number of fused-ring (bicyclic) bond motifs is 1. The molecule has 2 nitrogen and oxygen atoms in total. The SMILES string of the molecule is CC(NCC1(C)CCC1)c1cnc2ccsc2c1. The van der Waals surface area contributed by atoms with Crippen molar-refractivity contribution in [1.82, 2.24) is 10.3 Å². The van der Waals surface area contributed by atoms with E-state index in [1.165, 1.54) is 29.5 Å². The second kappa shape index (κ2) is 4.63. The monoisotopic (exact) mass is 260 g/mol. The van der Waals surface area contributed by atoms with Crippen LogP contribution in [0, 0.1) is 5.41 Å². The van der Waals surface area contributed by atoms with E-state index in [2.05, 4.69) is 41.7 Å². The topological polar surface area (TPSA) is 24.9 Å². The molecule has 3 heteroatoms. The van der Waals surface area contributed by atoms with E-state index in [9.17, 15) is 0 Å². The molecule has 1 aliphatic rings. The normalized spacial score (nSPS) is 19.7. The molecule has 18 heavy (non-hydrogen) atoms. The molecular formula is C15H20N2S. The van der Waals surface area contributed by atoms with Crippen molar-refractivity contribution in [2.24, 2.45) is 5.41 Å². The summed E-state index contributed by atoms with van der Waals surface area (Å²) in [5, 5.41) is 5.77. The van der Waals surface area contributed by atoms with Gasteiger partial charge in [-0.2, -0.15) is 0 Å². The fraction of sp³-hybridized carbons (Fsp3) is 0.533. The quantitative estimate of drug-likeness (QED) is 0.893. The molecule has 0 radical (unpaired) electrons. The summed E-state index contributed by atoms with van der Waals surface area (Å²) in [6.07, 6.45) is 6.15. The highest BCUT2D eigenvalue weighted by Crippen LogP contribution is 2.39. The Balaban J connectivity index is 1.69. The largest absolute Gasteiger partial charge is 0.310 e. The molecule has 2 heterocycles. The van der Waals surface area contributed by atoms with Gasteiger partial charge in [-0.3, -0.25) is 4.98 Å². The van der Waals surface area contributed by atoms with Gasteiger partial charge in [-0.1, -0.05) is 13.3 Å². The van der Waals surface area contributed by atoms with E-state index in [0.717, 1.165) is 12.1 Å². The fourth-order valence-corrected chi connectivity index (χ4v) is 3.36. The first-order valence-corrected chi connectivity index (χ1v) is 7.61. The van der Waals surface area contributed by atoms with Gasteiger partial charge in [0.05, 0.1) is 10.2 Å². The molecule has 0 aliphatic heterocycles. The van der Waals surface area contributed by atoms with Crippen molar-refractivity contribution in [1.29, 1.82) is 0 Å². The minimum Gasteiger partial charge on any atom is -0.310 e. The van der Waals surface area contributed by atoms with Crippen LogP contribution in [0.3, 0.4) is 0 Å². The zero-order chi connectivity index (χ0) is 12.6. The number of rotatable bonds is 4. The highest BCUT2D eigenvalue weighted by atomic mass is 32.1. The lowest BCUT2D eigenvalue weighted by Gasteiger charge is -2.39. The van der Waals surface area contributed by atoms with E-state index in [4.69, 9.17) is 0 Å². The second-order valence-corrected chi connectivity index (χ2v) is 6.79. The van der Waals surface area contributed by atoms with Crippen LogP contribution in [-0.2, 0) is 0 Å². The number of aromatic nitrogens is 1. The van der Waals surface area contributed by atoms with E-state index in [0.29, 0.717) is 11.5 Å². The minimum absolute atomic E-state index is 0.390. The van der Waals surface area contributed by atoms with Crippen LogP contribution in [0.2, 0.25) is 0 Å². The number of nitrogens with zero attached hydrogens (tertiary/aromatic N) is 1. The highest BCUT2D eigenvalue weighted by Gasteiger charge is 2.31. The molecule has 0 aromatic carbocycles. The molecule has 1 aliphatic carbocycles. The predicted octanol–water partition coefficient (Wildman–Crippen LogP) is 4.14. The molecule has 1 saturated carbocycles. The van der Waals surface area contributed by atoms with Crippen LogP contribution >= 0.6 is 11.3 Å². The van der Waals surface area contributed by atoms with Crippen LogP contribution in [0.4, 0.5) is 0 Å². The van der Waals surface area contributed by atoms with E-state index < -0.39 is 0 Å². The molecule has 0 saturated heterocycles. The number of thiophene rings is 1. The van der Waals surface area contributed by atoms with Crippen molar-refractivity contribution in [2.45, 2.75) is 39.2 Å². The molecule has 96 valence electrons. The zero-order valence-electron chi connectivity index (χ0n) is 11.1. The third kappa shape index (κ3) is 2.29. The Labute approximate surface area is 112 Å². The Morgan fingerprint density at radius 3 is 3.06 bits per heavy atom. The van der Waals surface area contributed by atoms with Gasteiger partial charge in [-0.15, -0.1) is 11.3 Å². The number of hydrogen-bond donors (Lipinski definition) is 1. The standard InChI is InChI=1S/C15H20N2S/c1-11(17-10-15(2)5-3-6-15)12-8-14-13(16-9-12)4-7-18-14/h4,7-9,11,17H,3,5-6,10H2,1-2H3. The maximum atomic E-state index is 4.51. The summed E-state index contributed by atoms with van der Waals surface area (Å²) in [7, 11) is 0. The zero-order valence-corrected chi connectivity index (χ0v) is 11.9. The van der Waals surface area contributed by atoms with Crippen LogP contribution < -0.4 is 5.32 Å². The van der Waals surface area contributed by atoms with Gasteiger partial charge < -0.3 is 5.32 Å². The Kier molecular flexibility index (Phi) is 3.12. The van der Waals surface area contributed by atoms with Crippen molar-refractivity contribution >= 4 is 21.6 Å². The molecule has 1 N–H and O–H groups in total. The molecule has 3 rings (SSSR count). The Bertz CT molecular complexity index is 542. The van der Waals surface area contributed by atoms with Crippen molar-refractivity contribution in [3.63, 3.8) is 0 Å². The van der Waals surface area contributed by atoms with Gasteiger partial charge >= 0.3 is 0 Å². The van der Waals surface area contributed by atoms with Gasteiger partial charge in [0.25, 0.3) is 0 Å². The van der Waals surface area contributed by atoms with Crippen molar-refractivity contribution < 1.29 is 0 Å². The van der Waals surface area contributed by atoms with Gasteiger partial charge in [0.2, 0.25) is 0 Å². The first-order valence-electron chi connectivity index (χ1n) is 6.73. The number of hydrogen-bond acceptors (Lipinski definition) is 3. The van der Waals surface area contributed by atoms with Gasteiger partial charge in [-0.05, 0) is 48.3 Å². The molecule has 0 bridgehead atoms. The summed E-state index contributed by atoms with van der Waals surface area (Å²) in [6, 6.07) is 4.74. The summed E-state index contributed by atoms with van der Waals surface area (Å²) in [5.74, 6) is 0. The maximum absolute atomic E-state index is 4.51. The van der Waals surface area contributed by atoms with Crippen molar-refractivity contribution in [3.05, 3.63) is 29.3 Å². The number of pyridine rings is 1. The van der Waals surface area contributed by atoms with Crippen LogP contribution in [0.5, 0.6) is 0 Å². The van der Waals surface area contributed by atoms with E-state index in [1.54, 1.807) is 11.3 Å². The third-order valence-electron chi connectivity index (χ3n) is 4.22. The molecule has 0 amide bonds. The summed E-state index contributed by atoms with van der Waals surface area (Å²) in [5.41, 5.74) is 2.95. The molecule has 1 fully saturated rings. The average Bonchev–Trinajstić information content (AvgIpc) is 2.80. The third-order valence-corrected chi connectivity index (χ3v) is 5.07. The van der Waals surface area contributed by atoms with Gasteiger partial charge in [-0.25, -0.2) is 0 Å². The van der Waals surface area contributed by atoms with Crippen molar-refractivity contribution in [3.8, 4) is 0 Å². The Morgan fingerprint density at radius 2 is 2.33 bits per heavy atom. The fourth-order valence-electron chi connectivity index (χ4n) is 2.57. The molecular weight excluding hydrogens is 240 g/mol. The lowest BCUT2D eigenvalue weighted by molar-refractivity contribution is 0.152. The predicted molar refractivity (Wildman–Crippen MR) is 78.0 cm³/mol. The Morgan fingerprint density at radius 1 is 1.50 bits per heavy atom. The lowest BCUT2D eigenvalue weighted by Crippen LogP contribution is -2.38. The van der Waals surface area contributed by atoms with Gasteiger partial charge in [0, 0.05) is 18.8 Å². The van der Waals surface area contributed by atoms with Gasteiger partial charge in [0.15, 0.2) is 0 Å². The molecule has 2 aromatic heterocycles. The van der Waals surface area contributed by atoms with Crippen LogP contribution in [-0.4, -0.2) is 11.5 Å². The molecule has 0 spiro atoms.